The van der Waals surface area contributed by atoms with Crippen molar-refractivity contribution in [3.8, 4) is 0 Å². The fourth-order valence-corrected chi connectivity index (χ4v) is 1.14. The smallest absolute Gasteiger partial charge is 0.139 e. The van der Waals surface area contributed by atoms with Crippen LogP contribution in [0.25, 0.3) is 0 Å². The summed E-state index contributed by atoms with van der Waals surface area (Å²) < 4.78 is 0. The third-order valence-corrected chi connectivity index (χ3v) is 1.82. The SMILES string of the molecule is CN1CCC(O)C1C=O. The summed E-state index contributed by atoms with van der Waals surface area (Å²) in [6.45, 7) is 0.824. The molecule has 1 heterocycles. The molecule has 52 valence electrons. The predicted octanol–water partition coefficient (Wildman–Crippen LogP) is -0.750. The number of likely N-dealkylation sites (tertiary alicyclic amines) is 1. The lowest BCUT2D eigenvalue weighted by atomic mass is 10.2. The Kier molecular flexibility index (Phi) is 1.83. The molecule has 9 heavy (non-hydrogen) atoms. The van der Waals surface area contributed by atoms with Crippen molar-refractivity contribution in [1.82, 2.24) is 4.90 Å². The average molecular weight is 129 g/mol. The molecule has 0 saturated carbocycles. The first-order valence-corrected chi connectivity index (χ1v) is 3.09. The third-order valence-electron chi connectivity index (χ3n) is 1.82. The maximum Gasteiger partial charge on any atom is 0.139 e. The molecule has 3 nitrogen and oxygen atoms in total. The Morgan fingerprint density at radius 1 is 1.78 bits per heavy atom. The van der Waals surface area contributed by atoms with Crippen LogP contribution >= 0.6 is 0 Å². The minimum atomic E-state index is -0.438. The molecule has 1 saturated heterocycles. The highest BCUT2D eigenvalue weighted by molar-refractivity contribution is 5.59. The summed E-state index contributed by atoms with van der Waals surface area (Å²) >= 11 is 0. The number of nitrogens with zero attached hydrogens (tertiary/aromatic N) is 1. The van der Waals surface area contributed by atoms with Crippen LogP contribution in [0.15, 0.2) is 0 Å². The molecule has 0 aromatic heterocycles. The molecule has 1 rings (SSSR count). The number of aliphatic hydroxyl groups excluding tert-OH is 1. The van der Waals surface area contributed by atoms with Crippen LogP contribution in [0.3, 0.4) is 0 Å². The molecule has 0 aliphatic carbocycles. The number of rotatable bonds is 1. The molecule has 0 spiro atoms. The maximum absolute atomic E-state index is 10.2. The minimum absolute atomic E-state index is 0.259. The number of hydrogen-bond acceptors (Lipinski definition) is 3. The van der Waals surface area contributed by atoms with Gasteiger partial charge in [0.15, 0.2) is 0 Å². The fourth-order valence-electron chi connectivity index (χ4n) is 1.14. The molecule has 0 aromatic rings. The van der Waals surface area contributed by atoms with Crippen LogP contribution in [0.4, 0.5) is 0 Å². The summed E-state index contributed by atoms with van der Waals surface area (Å²) in [5.41, 5.74) is 0. The Labute approximate surface area is 54.3 Å². The molecule has 1 N–H and O–H groups in total. The first-order chi connectivity index (χ1) is 4.25. The average Bonchev–Trinajstić information content (AvgIpc) is 2.12. The predicted molar refractivity (Wildman–Crippen MR) is 33.1 cm³/mol. The number of carbonyl (C=O) groups is 1. The van der Waals surface area contributed by atoms with E-state index >= 15 is 0 Å². The van der Waals surface area contributed by atoms with Crippen molar-refractivity contribution in [2.75, 3.05) is 13.6 Å². The van der Waals surface area contributed by atoms with E-state index in [0.717, 1.165) is 19.3 Å². The second-order valence-corrected chi connectivity index (χ2v) is 2.46. The van der Waals surface area contributed by atoms with Gasteiger partial charge in [-0.1, -0.05) is 0 Å². The number of carbonyl (C=O) groups excluding carboxylic acids is 1. The number of aldehydes is 1. The zero-order valence-electron chi connectivity index (χ0n) is 5.45. The van der Waals surface area contributed by atoms with E-state index in [1.807, 2.05) is 11.9 Å². The van der Waals surface area contributed by atoms with E-state index in [-0.39, 0.29) is 6.04 Å². The second-order valence-electron chi connectivity index (χ2n) is 2.46. The summed E-state index contributed by atoms with van der Waals surface area (Å²) in [4.78, 5) is 12.1. The summed E-state index contributed by atoms with van der Waals surface area (Å²) in [7, 11) is 1.84. The number of likely N-dealkylation sites (N-methyl/N-ethyl adjacent to an activating group) is 1. The van der Waals surface area contributed by atoms with Crippen LogP contribution in [0, 0.1) is 0 Å². The van der Waals surface area contributed by atoms with Gasteiger partial charge in [-0.15, -0.1) is 0 Å². The van der Waals surface area contributed by atoms with Crippen molar-refractivity contribution in [3.05, 3.63) is 0 Å². The summed E-state index contributed by atoms with van der Waals surface area (Å²) in [5.74, 6) is 0. The Morgan fingerprint density at radius 3 is 2.67 bits per heavy atom. The van der Waals surface area contributed by atoms with Crippen molar-refractivity contribution < 1.29 is 9.90 Å². The van der Waals surface area contributed by atoms with Crippen LogP contribution in [-0.4, -0.2) is 42.0 Å². The lowest BCUT2D eigenvalue weighted by molar-refractivity contribution is -0.113. The molecule has 1 aliphatic rings. The topological polar surface area (TPSA) is 40.5 Å². The molecule has 3 heteroatoms. The van der Waals surface area contributed by atoms with Crippen molar-refractivity contribution in [2.24, 2.45) is 0 Å². The van der Waals surface area contributed by atoms with Crippen LogP contribution in [-0.2, 0) is 4.79 Å². The Morgan fingerprint density at radius 2 is 2.44 bits per heavy atom. The number of hydrogen-bond donors (Lipinski definition) is 1. The third kappa shape index (κ3) is 1.11. The molecule has 1 fully saturated rings. The Balaban J connectivity index is 2.54. The summed E-state index contributed by atoms with van der Waals surface area (Å²) in [5, 5.41) is 9.09. The van der Waals surface area contributed by atoms with Crippen molar-refractivity contribution in [1.29, 1.82) is 0 Å². The van der Waals surface area contributed by atoms with Crippen LogP contribution < -0.4 is 0 Å². The second kappa shape index (κ2) is 2.45. The van der Waals surface area contributed by atoms with E-state index in [2.05, 4.69) is 0 Å². The van der Waals surface area contributed by atoms with Gasteiger partial charge in [-0.3, -0.25) is 4.90 Å². The lowest BCUT2D eigenvalue weighted by Gasteiger charge is -2.13. The highest BCUT2D eigenvalue weighted by Gasteiger charge is 2.29. The van der Waals surface area contributed by atoms with E-state index in [4.69, 9.17) is 5.11 Å². The quantitative estimate of drug-likeness (QED) is 0.473. The highest BCUT2D eigenvalue weighted by atomic mass is 16.3. The Hall–Kier alpha value is -0.410. The maximum atomic E-state index is 10.2. The van der Waals surface area contributed by atoms with E-state index in [1.165, 1.54) is 0 Å². The standard InChI is InChI=1S/C6H11NO2/c1-7-3-2-6(9)5(7)4-8/h4-6,9H,2-3H2,1H3. The van der Waals surface area contributed by atoms with Crippen LogP contribution in [0.2, 0.25) is 0 Å². The number of aliphatic hydroxyl groups is 1. The van der Waals surface area contributed by atoms with Crippen LogP contribution in [0.5, 0.6) is 0 Å². The first kappa shape index (κ1) is 6.71. The van der Waals surface area contributed by atoms with Crippen molar-refractivity contribution >= 4 is 6.29 Å². The largest absolute Gasteiger partial charge is 0.391 e. The lowest BCUT2D eigenvalue weighted by Crippen LogP contribution is -2.33. The molecule has 1 aliphatic heterocycles. The molecular formula is C6H11NO2. The van der Waals surface area contributed by atoms with E-state index in [9.17, 15) is 4.79 Å². The minimum Gasteiger partial charge on any atom is -0.391 e. The Bertz CT molecular complexity index is 106. The molecule has 0 aromatic carbocycles. The highest BCUT2D eigenvalue weighted by Crippen LogP contribution is 2.12. The van der Waals surface area contributed by atoms with Gasteiger partial charge in [0.25, 0.3) is 0 Å². The van der Waals surface area contributed by atoms with E-state index in [0.29, 0.717) is 0 Å². The molecule has 2 unspecified atom stereocenters. The monoisotopic (exact) mass is 129 g/mol. The molecule has 2 atom stereocenters. The van der Waals surface area contributed by atoms with Gasteiger partial charge in [-0.2, -0.15) is 0 Å². The molecule has 0 amide bonds. The van der Waals surface area contributed by atoms with Gasteiger partial charge in [0.1, 0.15) is 6.29 Å². The summed E-state index contributed by atoms with van der Waals surface area (Å²) in [6, 6.07) is -0.259. The van der Waals surface area contributed by atoms with Crippen LogP contribution in [0.1, 0.15) is 6.42 Å². The zero-order chi connectivity index (χ0) is 6.85. The van der Waals surface area contributed by atoms with Gasteiger partial charge in [-0.25, -0.2) is 0 Å². The van der Waals surface area contributed by atoms with Gasteiger partial charge in [0.2, 0.25) is 0 Å². The summed E-state index contributed by atoms with van der Waals surface area (Å²) in [6.07, 6.45) is 1.09. The van der Waals surface area contributed by atoms with E-state index in [1.54, 1.807) is 0 Å². The zero-order valence-corrected chi connectivity index (χ0v) is 5.45. The molecular weight excluding hydrogens is 118 g/mol. The van der Waals surface area contributed by atoms with Gasteiger partial charge in [0.05, 0.1) is 12.1 Å². The van der Waals surface area contributed by atoms with E-state index < -0.39 is 6.10 Å². The van der Waals surface area contributed by atoms with Crippen molar-refractivity contribution in [2.45, 2.75) is 18.6 Å². The molecule has 0 bridgehead atoms. The van der Waals surface area contributed by atoms with Crippen molar-refractivity contribution in [3.63, 3.8) is 0 Å². The van der Waals surface area contributed by atoms with Gasteiger partial charge >= 0.3 is 0 Å². The van der Waals surface area contributed by atoms with Gasteiger partial charge in [0, 0.05) is 6.54 Å². The molecule has 0 radical (unpaired) electrons. The normalized spacial score (nSPS) is 37.1. The van der Waals surface area contributed by atoms with Gasteiger partial charge < -0.3 is 9.90 Å². The fraction of sp³-hybridized carbons (Fsp3) is 0.833. The first-order valence-electron chi connectivity index (χ1n) is 3.09. The van der Waals surface area contributed by atoms with Gasteiger partial charge in [-0.05, 0) is 13.5 Å².